The topological polar surface area (TPSA) is 92.7 Å². The molecule has 4 rings (SSSR count). The van der Waals surface area contributed by atoms with E-state index in [2.05, 4.69) is 10.6 Å². The van der Waals surface area contributed by atoms with Crippen LogP contribution in [0.2, 0.25) is 0 Å². The van der Waals surface area contributed by atoms with E-state index in [1.165, 1.54) is 0 Å². The summed E-state index contributed by atoms with van der Waals surface area (Å²) >= 11 is 0. The van der Waals surface area contributed by atoms with Crippen LogP contribution in [0.15, 0.2) is 54.7 Å². The van der Waals surface area contributed by atoms with Crippen molar-refractivity contribution in [3.63, 3.8) is 0 Å². The zero-order chi connectivity index (χ0) is 22.7. The van der Waals surface area contributed by atoms with Crippen LogP contribution in [0.5, 0.6) is 5.75 Å². The molecule has 2 heterocycles. The summed E-state index contributed by atoms with van der Waals surface area (Å²) in [6, 6.07) is 15.0. The molecule has 8 nitrogen and oxygen atoms in total. The zero-order valence-corrected chi connectivity index (χ0v) is 18.1. The first-order chi connectivity index (χ1) is 15.5. The van der Waals surface area contributed by atoms with Gasteiger partial charge >= 0.3 is 0 Å². The van der Waals surface area contributed by atoms with Crippen molar-refractivity contribution in [2.24, 2.45) is 13.0 Å². The zero-order valence-electron chi connectivity index (χ0n) is 18.1. The number of rotatable bonds is 7. The molecule has 2 aromatic carbocycles. The number of fused-ring (bicyclic) bond motifs is 1. The number of anilines is 1. The summed E-state index contributed by atoms with van der Waals surface area (Å²) in [5, 5.41) is 6.56. The summed E-state index contributed by atoms with van der Waals surface area (Å²) in [5.74, 6) is -0.345. The van der Waals surface area contributed by atoms with Crippen molar-refractivity contribution >= 4 is 34.3 Å². The third-order valence-electron chi connectivity index (χ3n) is 5.72. The van der Waals surface area contributed by atoms with Gasteiger partial charge in [-0.2, -0.15) is 0 Å². The van der Waals surface area contributed by atoms with Gasteiger partial charge in [0.25, 0.3) is 5.91 Å². The molecule has 1 fully saturated rings. The van der Waals surface area contributed by atoms with E-state index in [0.717, 1.165) is 10.9 Å². The number of nitrogens with zero attached hydrogens (tertiary/aromatic N) is 2. The first-order valence-electron chi connectivity index (χ1n) is 10.5. The van der Waals surface area contributed by atoms with Gasteiger partial charge in [0.15, 0.2) is 0 Å². The van der Waals surface area contributed by atoms with Gasteiger partial charge in [-0.3, -0.25) is 14.4 Å². The summed E-state index contributed by atoms with van der Waals surface area (Å²) < 4.78 is 7.25. The average Bonchev–Trinajstić information content (AvgIpc) is 3.37. The van der Waals surface area contributed by atoms with Gasteiger partial charge in [-0.25, -0.2) is 0 Å². The van der Waals surface area contributed by atoms with E-state index in [-0.39, 0.29) is 30.7 Å². The Hall–Kier alpha value is -3.81. The van der Waals surface area contributed by atoms with Gasteiger partial charge in [0.2, 0.25) is 11.8 Å². The summed E-state index contributed by atoms with van der Waals surface area (Å²) in [5.41, 5.74) is 2.25. The largest absolute Gasteiger partial charge is 0.495 e. The number of carbonyl (C=O) groups is 3. The second-order valence-corrected chi connectivity index (χ2v) is 7.79. The van der Waals surface area contributed by atoms with E-state index in [4.69, 9.17) is 4.74 Å². The van der Waals surface area contributed by atoms with E-state index in [0.29, 0.717) is 30.1 Å². The molecule has 0 spiro atoms. The van der Waals surface area contributed by atoms with E-state index in [1.807, 2.05) is 48.0 Å². The standard InChI is InChI=1S/C24H26N4O4/c1-27-15-18(17-7-3-4-8-19(17)27)24(31)26-12-11-25-23(30)16-13-22(29)28(14-16)20-9-5-6-10-21(20)32-2/h3-10,15-16H,11-14H2,1-2H3,(H,25,30)(H,26,31)/t16-/m1/s1. The molecule has 0 saturated carbocycles. The molecular weight excluding hydrogens is 408 g/mol. The number of aromatic nitrogens is 1. The van der Waals surface area contributed by atoms with Gasteiger partial charge in [-0.1, -0.05) is 30.3 Å². The molecule has 1 aliphatic heterocycles. The smallest absolute Gasteiger partial charge is 0.253 e. The van der Waals surface area contributed by atoms with Crippen molar-refractivity contribution < 1.29 is 19.1 Å². The molecule has 1 aromatic heterocycles. The molecule has 3 aromatic rings. The quantitative estimate of drug-likeness (QED) is 0.557. The molecule has 2 N–H and O–H groups in total. The highest BCUT2D eigenvalue weighted by Crippen LogP contribution is 2.32. The monoisotopic (exact) mass is 434 g/mol. The molecule has 0 unspecified atom stereocenters. The van der Waals surface area contributed by atoms with E-state index in [9.17, 15) is 14.4 Å². The Bertz CT molecular complexity index is 1170. The van der Waals surface area contributed by atoms with E-state index in [1.54, 1.807) is 30.3 Å². The van der Waals surface area contributed by atoms with Gasteiger partial charge in [-0.15, -0.1) is 0 Å². The van der Waals surface area contributed by atoms with Crippen molar-refractivity contribution in [1.29, 1.82) is 0 Å². The Kier molecular flexibility index (Phi) is 6.11. The molecule has 166 valence electrons. The van der Waals surface area contributed by atoms with Crippen molar-refractivity contribution in [3.05, 3.63) is 60.3 Å². The SMILES string of the molecule is COc1ccccc1N1C[C@H](C(=O)NCCNC(=O)c2cn(C)c3ccccc23)CC1=O. The number of hydrogen-bond acceptors (Lipinski definition) is 4. The van der Waals surface area contributed by atoms with E-state index < -0.39 is 5.92 Å². The van der Waals surface area contributed by atoms with Gasteiger partial charge in [-0.05, 0) is 18.2 Å². The van der Waals surface area contributed by atoms with Crippen LogP contribution < -0.4 is 20.3 Å². The highest BCUT2D eigenvalue weighted by Gasteiger charge is 2.36. The van der Waals surface area contributed by atoms with Crippen molar-refractivity contribution in [3.8, 4) is 5.75 Å². The summed E-state index contributed by atoms with van der Waals surface area (Å²) in [6.07, 6.45) is 1.95. The second-order valence-electron chi connectivity index (χ2n) is 7.79. The Morgan fingerprint density at radius 2 is 1.78 bits per heavy atom. The first kappa shape index (κ1) is 21.4. The average molecular weight is 434 g/mol. The lowest BCUT2D eigenvalue weighted by Gasteiger charge is -2.19. The third kappa shape index (κ3) is 4.16. The van der Waals surface area contributed by atoms with Gasteiger partial charge < -0.3 is 24.8 Å². The number of para-hydroxylation sites is 3. The number of methoxy groups -OCH3 is 1. The summed E-state index contributed by atoms with van der Waals surface area (Å²) in [7, 11) is 3.45. The van der Waals surface area contributed by atoms with Gasteiger partial charge in [0.05, 0.1) is 24.3 Å². The molecule has 8 heteroatoms. The molecule has 3 amide bonds. The maximum absolute atomic E-state index is 12.6. The van der Waals surface area contributed by atoms with Crippen molar-refractivity contribution in [2.45, 2.75) is 6.42 Å². The predicted octanol–water partition coefficient (Wildman–Crippen LogP) is 2.09. The molecule has 0 bridgehead atoms. The van der Waals surface area contributed by atoms with Crippen LogP contribution in [0.1, 0.15) is 16.8 Å². The molecule has 1 aliphatic rings. The van der Waals surface area contributed by atoms with E-state index >= 15 is 0 Å². The fourth-order valence-electron chi connectivity index (χ4n) is 4.09. The Balaban J connectivity index is 1.29. The fourth-order valence-corrected chi connectivity index (χ4v) is 4.09. The number of benzene rings is 2. The maximum atomic E-state index is 12.6. The van der Waals surface area contributed by atoms with Gasteiger partial charge in [0, 0.05) is 50.2 Å². The Morgan fingerprint density at radius 1 is 1.06 bits per heavy atom. The van der Waals surface area contributed by atoms with Crippen molar-refractivity contribution in [1.82, 2.24) is 15.2 Å². The number of hydrogen-bond donors (Lipinski definition) is 2. The lowest BCUT2D eigenvalue weighted by molar-refractivity contribution is -0.126. The minimum absolute atomic E-state index is 0.112. The molecule has 0 radical (unpaired) electrons. The van der Waals surface area contributed by atoms with Crippen LogP contribution in [-0.4, -0.2) is 49.0 Å². The number of aryl methyl sites for hydroxylation is 1. The highest BCUT2D eigenvalue weighted by atomic mass is 16.5. The number of nitrogens with one attached hydrogen (secondary N) is 2. The van der Waals surface area contributed by atoms with Gasteiger partial charge in [0.1, 0.15) is 5.75 Å². The predicted molar refractivity (Wildman–Crippen MR) is 122 cm³/mol. The number of amides is 3. The van der Waals surface area contributed by atoms with Crippen molar-refractivity contribution in [2.75, 3.05) is 31.6 Å². The highest BCUT2D eigenvalue weighted by molar-refractivity contribution is 6.07. The van der Waals surface area contributed by atoms with Crippen LogP contribution in [0.4, 0.5) is 5.69 Å². The Labute approximate surface area is 186 Å². The minimum Gasteiger partial charge on any atom is -0.495 e. The fraction of sp³-hybridized carbons (Fsp3) is 0.292. The van der Waals surface area contributed by atoms with Crippen LogP contribution in [0.3, 0.4) is 0 Å². The molecule has 0 aliphatic carbocycles. The number of ether oxygens (including phenoxy) is 1. The second kappa shape index (κ2) is 9.13. The van der Waals surface area contributed by atoms with Crippen LogP contribution >= 0.6 is 0 Å². The van der Waals surface area contributed by atoms with Crippen LogP contribution in [0, 0.1) is 5.92 Å². The Morgan fingerprint density at radius 3 is 2.59 bits per heavy atom. The normalized spacial score (nSPS) is 15.8. The van der Waals surface area contributed by atoms with Crippen LogP contribution in [-0.2, 0) is 16.6 Å². The summed E-state index contributed by atoms with van der Waals surface area (Å²) in [6.45, 7) is 0.882. The maximum Gasteiger partial charge on any atom is 0.253 e. The summed E-state index contributed by atoms with van der Waals surface area (Å²) in [4.78, 5) is 39.2. The third-order valence-corrected chi connectivity index (χ3v) is 5.72. The minimum atomic E-state index is -0.443. The lowest BCUT2D eigenvalue weighted by Crippen LogP contribution is -2.38. The first-order valence-corrected chi connectivity index (χ1v) is 10.5. The van der Waals surface area contributed by atoms with Crippen LogP contribution in [0.25, 0.3) is 10.9 Å². The number of carbonyl (C=O) groups excluding carboxylic acids is 3. The molecule has 1 atom stereocenters. The lowest BCUT2D eigenvalue weighted by atomic mass is 10.1. The molecular formula is C24H26N4O4. The molecule has 32 heavy (non-hydrogen) atoms. The molecule has 1 saturated heterocycles.